The molecule has 1 aliphatic carbocycles. The van der Waals surface area contributed by atoms with Crippen LogP contribution in [0.4, 0.5) is 0 Å². The lowest BCUT2D eigenvalue weighted by Gasteiger charge is -2.21. The van der Waals surface area contributed by atoms with Crippen molar-refractivity contribution in [2.24, 2.45) is 0 Å². The molecule has 16 heavy (non-hydrogen) atoms. The smallest absolute Gasteiger partial charge is 0.287 e. The molecule has 1 aromatic rings. The number of carbonyl (C=O) groups is 1. The van der Waals surface area contributed by atoms with E-state index >= 15 is 0 Å². The summed E-state index contributed by atoms with van der Waals surface area (Å²) < 4.78 is 5.64. The molecule has 0 unspecified atom stereocenters. The fourth-order valence-electron chi connectivity index (χ4n) is 1.98. The molecule has 5 heteroatoms. The lowest BCUT2D eigenvalue weighted by Crippen LogP contribution is -2.40. The van der Waals surface area contributed by atoms with Crippen LogP contribution in [0.5, 0.6) is 0 Å². The molecular formula is C11H14BrNO3. The van der Waals surface area contributed by atoms with E-state index in [4.69, 9.17) is 4.42 Å². The second kappa shape index (κ2) is 4.59. The van der Waals surface area contributed by atoms with E-state index in [-0.39, 0.29) is 11.7 Å². The van der Waals surface area contributed by atoms with Gasteiger partial charge in [0.2, 0.25) is 0 Å². The minimum atomic E-state index is -0.723. The Kier molecular flexibility index (Phi) is 3.35. The number of hydrogen-bond acceptors (Lipinski definition) is 3. The number of amides is 1. The molecule has 1 fully saturated rings. The Morgan fingerprint density at radius 3 is 2.75 bits per heavy atom. The third kappa shape index (κ3) is 2.65. The molecule has 0 saturated heterocycles. The monoisotopic (exact) mass is 287 g/mol. The number of furan rings is 1. The summed E-state index contributed by atoms with van der Waals surface area (Å²) in [5, 5.41) is 12.7. The highest BCUT2D eigenvalue weighted by Crippen LogP contribution is 2.28. The van der Waals surface area contributed by atoms with E-state index in [9.17, 15) is 9.90 Å². The Balaban J connectivity index is 1.88. The van der Waals surface area contributed by atoms with Crippen LogP contribution in [0, 0.1) is 0 Å². The van der Waals surface area contributed by atoms with Crippen molar-refractivity contribution in [3.8, 4) is 0 Å². The summed E-state index contributed by atoms with van der Waals surface area (Å²) in [6.45, 7) is 0.296. The maximum Gasteiger partial charge on any atom is 0.287 e. The molecule has 2 rings (SSSR count). The summed E-state index contributed by atoms with van der Waals surface area (Å²) in [6.07, 6.45) is 3.57. The summed E-state index contributed by atoms with van der Waals surface area (Å²) in [5.41, 5.74) is -0.723. The molecular weight excluding hydrogens is 274 g/mol. The van der Waals surface area contributed by atoms with Crippen molar-refractivity contribution >= 4 is 21.8 Å². The van der Waals surface area contributed by atoms with E-state index in [0.717, 1.165) is 25.7 Å². The predicted octanol–water partition coefficient (Wildman–Crippen LogP) is 2.08. The Labute approximate surface area is 102 Å². The van der Waals surface area contributed by atoms with Gasteiger partial charge < -0.3 is 14.8 Å². The molecule has 1 amide bonds. The molecule has 4 nitrogen and oxygen atoms in total. The average molecular weight is 288 g/mol. The highest BCUT2D eigenvalue weighted by atomic mass is 79.9. The molecule has 1 saturated carbocycles. The van der Waals surface area contributed by atoms with Gasteiger partial charge in [-0.25, -0.2) is 0 Å². The first-order chi connectivity index (χ1) is 7.59. The molecule has 1 aliphatic rings. The molecule has 0 bridgehead atoms. The van der Waals surface area contributed by atoms with Gasteiger partial charge in [0.05, 0.1) is 5.60 Å². The van der Waals surface area contributed by atoms with Crippen LogP contribution >= 0.6 is 15.9 Å². The van der Waals surface area contributed by atoms with E-state index in [1.807, 2.05) is 0 Å². The van der Waals surface area contributed by atoms with Gasteiger partial charge in [0.1, 0.15) is 0 Å². The Morgan fingerprint density at radius 1 is 1.50 bits per heavy atom. The number of carbonyl (C=O) groups excluding carboxylic acids is 1. The molecule has 2 N–H and O–H groups in total. The van der Waals surface area contributed by atoms with Crippen LogP contribution in [0.3, 0.4) is 0 Å². The number of halogens is 1. The average Bonchev–Trinajstić information content (AvgIpc) is 2.85. The van der Waals surface area contributed by atoms with Gasteiger partial charge >= 0.3 is 0 Å². The van der Waals surface area contributed by atoms with Crippen molar-refractivity contribution in [2.75, 3.05) is 6.54 Å². The fourth-order valence-corrected chi connectivity index (χ4v) is 2.28. The van der Waals surface area contributed by atoms with Gasteiger partial charge in [-0.3, -0.25) is 4.79 Å². The van der Waals surface area contributed by atoms with Gasteiger partial charge in [-0.2, -0.15) is 0 Å². The third-order valence-corrected chi connectivity index (χ3v) is 3.34. The quantitative estimate of drug-likeness (QED) is 0.895. The summed E-state index contributed by atoms with van der Waals surface area (Å²) in [6, 6.07) is 3.26. The van der Waals surface area contributed by atoms with Crippen molar-refractivity contribution in [2.45, 2.75) is 31.3 Å². The highest BCUT2D eigenvalue weighted by molar-refractivity contribution is 9.10. The van der Waals surface area contributed by atoms with Crippen LogP contribution in [0.2, 0.25) is 0 Å². The Hall–Kier alpha value is -0.810. The zero-order valence-corrected chi connectivity index (χ0v) is 10.4. The van der Waals surface area contributed by atoms with Gasteiger partial charge in [-0.05, 0) is 40.9 Å². The minimum Gasteiger partial charge on any atom is -0.444 e. The second-order valence-corrected chi connectivity index (χ2v) is 5.00. The Bertz CT molecular complexity index is 382. The zero-order valence-electron chi connectivity index (χ0n) is 8.83. The van der Waals surface area contributed by atoms with E-state index in [2.05, 4.69) is 21.2 Å². The number of aliphatic hydroxyl groups is 1. The molecule has 0 atom stereocenters. The summed E-state index contributed by atoms with van der Waals surface area (Å²) >= 11 is 3.13. The van der Waals surface area contributed by atoms with E-state index in [1.54, 1.807) is 12.1 Å². The molecule has 1 aromatic heterocycles. The maximum absolute atomic E-state index is 11.6. The fraction of sp³-hybridized carbons (Fsp3) is 0.545. The van der Waals surface area contributed by atoms with Crippen LogP contribution < -0.4 is 5.32 Å². The molecule has 0 aliphatic heterocycles. The van der Waals surface area contributed by atoms with Crippen molar-refractivity contribution < 1.29 is 14.3 Å². The molecule has 0 radical (unpaired) electrons. The zero-order chi connectivity index (χ0) is 11.6. The first-order valence-electron chi connectivity index (χ1n) is 5.35. The topological polar surface area (TPSA) is 62.5 Å². The first kappa shape index (κ1) is 11.7. The summed E-state index contributed by atoms with van der Waals surface area (Å²) in [5.74, 6) is -0.0282. The van der Waals surface area contributed by atoms with Gasteiger partial charge in [-0.1, -0.05) is 12.8 Å². The van der Waals surface area contributed by atoms with Crippen LogP contribution in [0.25, 0.3) is 0 Å². The van der Waals surface area contributed by atoms with Crippen LogP contribution in [-0.4, -0.2) is 23.2 Å². The lowest BCUT2D eigenvalue weighted by atomic mass is 10.0. The third-order valence-electron chi connectivity index (χ3n) is 2.91. The van der Waals surface area contributed by atoms with Crippen molar-refractivity contribution in [1.29, 1.82) is 0 Å². The van der Waals surface area contributed by atoms with Gasteiger partial charge in [0.25, 0.3) is 5.91 Å². The SMILES string of the molecule is O=C(NCC1(O)CCCC1)c1ccc(Br)o1. The molecule has 0 aromatic carbocycles. The number of hydrogen-bond donors (Lipinski definition) is 2. The highest BCUT2D eigenvalue weighted by Gasteiger charge is 2.31. The van der Waals surface area contributed by atoms with Crippen molar-refractivity contribution in [3.63, 3.8) is 0 Å². The number of rotatable bonds is 3. The summed E-state index contributed by atoms with van der Waals surface area (Å²) in [7, 11) is 0. The van der Waals surface area contributed by atoms with Gasteiger partial charge in [-0.15, -0.1) is 0 Å². The molecule has 0 spiro atoms. The largest absolute Gasteiger partial charge is 0.444 e. The van der Waals surface area contributed by atoms with Crippen LogP contribution in [-0.2, 0) is 0 Å². The first-order valence-corrected chi connectivity index (χ1v) is 6.14. The summed E-state index contributed by atoms with van der Waals surface area (Å²) in [4.78, 5) is 11.6. The minimum absolute atomic E-state index is 0.258. The molecule has 88 valence electrons. The van der Waals surface area contributed by atoms with Gasteiger partial charge in [0.15, 0.2) is 10.4 Å². The molecule has 1 heterocycles. The van der Waals surface area contributed by atoms with E-state index in [1.165, 1.54) is 0 Å². The van der Waals surface area contributed by atoms with Crippen LogP contribution in [0.15, 0.2) is 21.2 Å². The predicted molar refractivity (Wildman–Crippen MR) is 62.2 cm³/mol. The number of nitrogens with one attached hydrogen (secondary N) is 1. The second-order valence-electron chi connectivity index (χ2n) is 4.22. The Morgan fingerprint density at radius 2 is 2.19 bits per heavy atom. The van der Waals surface area contributed by atoms with Crippen molar-refractivity contribution in [3.05, 3.63) is 22.6 Å². The van der Waals surface area contributed by atoms with Crippen molar-refractivity contribution in [1.82, 2.24) is 5.32 Å². The normalized spacial score (nSPS) is 18.6. The van der Waals surface area contributed by atoms with E-state index < -0.39 is 5.60 Å². The lowest BCUT2D eigenvalue weighted by molar-refractivity contribution is 0.0443. The van der Waals surface area contributed by atoms with Gasteiger partial charge in [0, 0.05) is 6.54 Å². The standard InChI is InChI=1S/C11H14BrNO3/c12-9-4-3-8(16-9)10(14)13-7-11(15)5-1-2-6-11/h3-4,15H,1-2,5-7H2,(H,13,14). The maximum atomic E-state index is 11.6. The van der Waals surface area contributed by atoms with Crippen LogP contribution in [0.1, 0.15) is 36.2 Å². The van der Waals surface area contributed by atoms with E-state index in [0.29, 0.717) is 11.2 Å².